The van der Waals surface area contributed by atoms with Crippen molar-refractivity contribution in [3.63, 3.8) is 0 Å². The fraction of sp³-hybridized carbons (Fsp3) is 0.533. The van der Waals surface area contributed by atoms with E-state index < -0.39 is 12.0 Å². The van der Waals surface area contributed by atoms with Crippen molar-refractivity contribution in [3.05, 3.63) is 35.6 Å². The molecule has 0 unspecified atom stereocenters. The maximum Gasteiger partial charge on any atom is 0.322 e. The molecule has 0 saturated carbocycles. The number of ether oxygens (including phenoxy) is 1. The number of rotatable bonds is 5. The molecular weight excluding hydrogens is 245 g/mol. The zero-order valence-electron chi connectivity index (χ0n) is 11.9. The number of carbonyl (C=O) groups is 1. The molecule has 106 valence electrons. The van der Waals surface area contributed by atoms with Crippen LogP contribution in [-0.2, 0) is 9.53 Å². The van der Waals surface area contributed by atoms with E-state index in [1.165, 1.54) is 12.1 Å². The predicted octanol–water partition coefficient (Wildman–Crippen LogP) is 2.84. The summed E-state index contributed by atoms with van der Waals surface area (Å²) in [6.07, 6.45) is -0.302. The average molecular weight is 267 g/mol. The monoisotopic (exact) mass is 267 g/mol. The summed E-state index contributed by atoms with van der Waals surface area (Å²) in [6.45, 7) is 7.53. The summed E-state index contributed by atoms with van der Waals surface area (Å²) in [5.74, 6) is -0.406. The first-order valence-electron chi connectivity index (χ1n) is 6.54. The van der Waals surface area contributed by atoms with Gasteiger partial charge in [0.15, 0.2) is 0 Å². The summed E-state index contributed by atoms with van der Waals surface area (Å²) >= 11 is 0. The van der Waals surface area contributed by atoms with Crippen LogP contribution in [0.2, 0.25) is 0 Å². The molecule has 1 rings (SSSR count). The van der Waals surface area contributed by atoms with Gasteiger partial charge in [0.05, 0.1) is 0 Å². The van der Waals surface area contributed by atoms with Gasteiger partial charge in [-0.1, -0.05) is 26.0 Å². The molecule has 4 heteroatoms. The second kappa shape index (κ2) is 6.66. The fourth-order valence-corrected chi connectivity index (χ4v) is 2.25. The molecule has 0 bridgehead atoms. The number of carbonyl (C=O) groups excluding carboxylic acids is 1. The second-order valence-electron chi connectivity index (χ2n) is 5.25. The Morgan fingerprint density at radius 2 is 1.68 bits per heavy atom. The number of halogens is 1. The number of esters is 1. The van der Waals surface area contributed by atoms with Gasteiger partial charge in [-0.15, -0.1) is 0 Å². The van der Waals surface area contributed by atoms with Gasteiger partial charge >= 0.3 is 5.97 Å². The molecule has 3 nitrogen and oxygen atoms in total. The molecule has 0 aromatic heterocycles. The minimum Gasteiger partial charge on any atom is -0.461 e. The van der Waals surface area contributed by atoms with E-state index in [9.17, 15) is 9.18 Å². The Balaban J connectivity index is 2.88. The van der Waals surface area contributed by atoms with E-state index in [1.54, 1.807) is 19.1 Å². The van der Waals surface area contributed by atoms with Gasteiger partial charge in [-0.25, -0.2) is 4.39 Å². The summed E-state index contributed by atoms with van der Waals surface area (Å²) in [7, 11) is 0. The van der Waals surface area contributed by atoms with Gasteiger partial charge in [0.25, 0.3) is 0 Å². The Morgan fingerprint density at radius 1 is 1.16 bits per heavy atom. The van der Waals surface area contributed by atoms with E-state index in [4.69, 9.17) is 10.5 Å². The second-order valence-corrected chi connectivity index (χ2v) is 5.25. The highest BCUT2D eigenvalue weighted by Crippen LogP contribution is 2.30. The highest BCUT2D eigenvalue weighted by molar-refractivity contribution is 5.75. The summed E-state index contributed by atoms with van der Waals surface area (Å²) < 4.78 is 18.3. The highest BCUT2D eigenvalue weighted by Gasteiger charge is 2.26. The number of benzene rings is 1. The maximum atomic E-state index is 13.0. The first-order chi connectivity index (χ1) is 8.82. The minimum absolute atomic E-state index is 0.0169. The van der Waals surface area contributed by atoms with E-state index in [-0.39, 0.29) is 23.8 Å². The van der Waals surface area contributed by atoms with Crippen molar-refractivity contribution in [1.29, 1.82) is 0 Å². The quantitative estimate of drug-likeness (QED) is 0.835. The minimum atomic E-state index is -0.636. The number of nitrogens with two attached hydrogens (primary N) is 1. The van der Waals surface area contributed by atoms with Crippen molar-refractivity contribution >= 4 is 5.97 Å². The topological polar surface area (TPSA) is 52.3 Å². The van der Waals surface area contributed by atoms with Gasteiger partial charge in [0.2, 0.25) is 0 Å². The molecule has 0 fully saturated rings. The van der Waals surface area contributed by atoms with Gasteiger partial charge < -0.3 is 10.5 Å². The number of hydrogen-bond donors (Lipinski definition) is 1. The van der Waals surface area contributed by atoms with Gasteiger partial charge in [-0.05, 0) is 37.5 Å². The van der Waals surface area contributed by atoms with Crippen LogP contribution < -0.4 is 5.73 Å². The average Bonchev–Trinajstić information content (AvgIpc) is 2.31. The fourth-order valence-electron chi connectivity index (χ4n) is 2.25. The van der Waals surface area contributed by atoms with Crippen molar-refractivity contribution < 1.29 is 13.9 Å². The molecule has 19 heavy (non-hydrogen) atoms. The lowest BCUT2D eigenvalue weighted by Crippen LogP contribution is -2.34. The molecule has 1 aromatic carbocycles. The van der Waals surface area contributed by atoms with Crippen molar-refractivity contribution in [2.24, 2.45) is 11.7 Å². The van der Waals surface area contributed by atoms with Crippen LogP contribution in [0.25, 0.3) is 0 Å². The van der Waals surface area contributed by atoms with E-state index >= 15 is 0 Å². The first-order valence-corrected chi connectivity index (χ1v) is 6.54. The van der Waals surface area contributed by atoms with E-state index in [0.29, 0.717) is 0 Å². The molecule has 0 aliphatic rings. The molecule has 0 radical (unpaired) electrons. The van der Waals surface area contributed by atoms with Crippen molar-refractivity contribution in [1.82, 2.24) is 0 Å². The molecule has 3 atom stereocenters. The van der Waals surface area contributed by atoms with Gasteiger partial charge in [0, 0.05) is 5.92 Å². The molecule has 0 aliphatic carbocycles. The molecular formula is C15H22FNO2. The maximum absolute atomic E-state index is 13.0. The van der Waals surface area contributed by atoms with Crippen LogP contribution in [0.3, 0.4) is 0 Å². The van der Waals surface area contributed by atoms with E-state index in [0.717, 1.165) is 5.56 Å². The van der Waals surface area contributed by atoms with Crippen LogP contribution >= 0.6 is 0 Å². The Labute approximate surface area is 113 Å². The largest absolute Gasteiger partial charge is 0.461 e. The normalized spacial score (nSPS) is 15.9. The highest BCUT2D eigenvalue weighted by atomic mass is 19.1. The molecule has 0 amide bonds. The summed E-state index contributed by atoms with van der Waals surface area (Å²) in [6, 6.07) is 5.67. The Morgan fingerprint density at radius 3 is 2.11 bits per heavy atom. The zero-order valence-corrected chi connectivity index (χ0v) is 11.9. The number of hydrogen-bond acceptors (Lipinski definition) is 3. The molecule has 0 spiro atoms. The lowest BCUT2D eigenvalue weighted by molar-refractivity contribution is -0.151. The molecule has 0 saturated heterocycles. The summed E-state index contributed by atoms with van der Waals surface area (Å²) in [5.41, 5.74) is 6.45. The van der Waals surface area contributed by atoms with Crippen LogP contribution in [0, 0.1) is 11.7 Å². The lowest BCUT2D eigenvalue weighted by atomic mass is 9.84. The van der Waals surface area contributed by atoms with Crippen molar-refractivity contribution in [3.8, 4) is 0 Å². The Kier molecular flexibility index (Phi) is 5.48. The van der Waals surface area contributed by atoms with Gasteiger partial charge in [0.1, 0.15) is 18.0 Å². The predicted molar refractivity (Wildman–Crippen MR) is 73.2 cm³/mol. The zero-order chi connectivity index (χ0) is 14.6. The van der Waals surface area contributed by atoms with E-state index in [1.807, 2.05) is 20.8 Å². The smallest absolute Gasteiger partial charge is 0.322 e. The Hall–Kier alpha value is -1.42. The standard InChI is InChI=1S/C15H22FNO2/c1-9(2)14(11(4)19-15(18)10(3)17)12-5-7-13(16)8-6-12/h5-11,14H,17H2,1-4H3/t10-,11-,14+/m0/s1. The third-order valence-corrected chi connectivity index (χ3v) is 3.15. The van der Waals surface area contributed by atoms with Crippen LogP contribution in [0.15, 0.2) is 24.3 Å². The van der Waals surface area contributed by atoms with E-state index in [2.05, 4.69) is 0 Å². The van der Waals surface area contributed by atoms with Crippen molar-refractivity contribution in [2.75, 3.05) is 0 Å². The summed E-state index contributed by atoms with van der Waals surface area (Å²) in [4.78, 5) is 11.6. The van der Waals surface area contributed by atoms with Crippen LogP contribution in [0.5, 0.6) is 0 Å². The SMILES string of the molecule is CC(C)[C@@H](c1ccc(F)cc1)[C@H](C)OC(=O)[C@H](C)N. The molecule has 0 aliphatic heterocycles. The van der Waals surface area contributed by atoms with Gasteiger partial charge in [-0.3, -0.25) is 4.79 Å². The Bertz CT molecular complexity index is 415. The lowest BCUT2D eigenvalue weighted by Gasteiger charge is -2.28. The van der Waals surface area contributed by atoms with Crippen molar-refractivity contribution in [2.45, 2.75) is 45.8 Å². The molecule has 2 N–H and O–H groups in total. The first kappa shape index (κ1) is 15.6. The third kappa shape index (κ3) is 4.31. The third-order valence-electron chi connectivity index (χ3n) is 3.15. The summed E-state index contributed by atoms with van der Waals surface area (Å²) in [5, 5.41) is 0. The molecule has 0 heterocycles. The van der Waals surface area contributed by atoms with Gasteiger partial charge in [-0.2, -0.15) is 0 Å². The van der Waals surface area contributed by atoms with Crippen LogP contribution in [0.4, 0.5) is 4.39 Å². The van der Waals surface area contributed by atoms with Crippen LogP contribution in [-0.4, -0.2) is 18.1 Å². The molecule has 1 aromatic rings. The van der Waals surface area contributed by atoms with Crippen LogP contribution in [0.1, 0.15) is 39.2 Å².